The number of pyridine rings is 1. The Morgan fingerprint density at radius 3 is 2.81 bits per heavy atom. The van der Waals surface area contributed by atoms with Crippen molar-refractivity contribution in [3.05, 3.63) is 47.7 Å². The highest BCUT2D eigenvalue weighted by molar-refractivity contribution is 6.17. The molecular formula is C25H33N5O2. The molecule has 2 amide bonds. The third kappa shape index (κ3) is 4.54. The van der Waals surface area contributed by atoms with Crippen molar-refractivity contribution in [3.8, 4) is 0 Å². The fourth-order valence-electron chi connectivity index (χ4n) is 4.75. The molecule has 2 aliphatic heterocycles. The van der Waals surface area contributed by atoms with Crippen LogP contribution >= 0.6 is 0 Å². The Morgan fingerprint density at radius 2 is 2.03 bits per heavy atom. The Labute approximate surface area is 190 Å². The molecule has 7 heteroatoms. The first kappa shape index (κ1) is 22.4. The molecule has 3 heterocycles. The highest BCUT2D eigenvalue weighted by Gasteiger charge is 2.33. The van der Waals surface area contributed by atoms with E-state index in [1.165, 1.54) is 6.42 Å². The fourth-order valence-corrected chi connectivity index (χ4v) is 4.75. The minimum atomic E-state index is -0.220. The van der Waals surface area contributed by atoms with Crippen LogP contribution in [0.2, 0.25) is 0 Å². The van der Waals surface area contributed by atoms with Crippen LogP contribution in [0.4, 0.5) is 17.2 Å². The number of anilines is 3. The third-order valence-corrected chi connectivity index (χ3v) is 6.59. The zero-order valence-corrected chi connectivity index (χ0v) is 19.3. The van der Waals surface area contributed by atoms with Crippen molar-refractivity contribution in [1.29, 1.82) is 0 Å². The van der Waals surface area contributed by atoms with Gasteiger partial charge in [-0.1, -0.05) is 26.3 Å². The topological polar surface area (TPSA) is 68.8 Å². The molecule has 7 nitrogen and oxygen atoms in total. The zero-order chi connectivity index (χ0) is 22.7. The second-order valence-corrected chi connectivity index (χ2v) is 8.68. The summed E-state index contributed by atoms with van der Waals surface area (Å²) in [5.41, 5.74) is 2.63. The van der Waals surface area contributed by atoms with Gasteiger partial charge in [0.05, 0.1) is 23.5 Å². The van der Waals surface area contributed by atoms with Crippen molar-refractivity contribution in [2.75, 3.05) is 42.9 Å². The van der Waals surface area contributed by atoms with Gasteiger partial charge >= 0.3 is 0 Å². The van der Waals surface area contributed by atoms with Crippen molar-refractivity contribution in [1.82, 2.24) is 14.8 Å². The molecule has 2 aromatic rings. The molecule has 0 saturated carbocycles. The van der Waals surface area contributed by atoms with Gasteiger partial charge in [-0.3, -0.25) is 19.4 Å². The van der Waals surface area contributed by atoms with Crippen molar-refractivity contribution in [3.63, 3.8) is 0 Å². The van der Waals surface area contributed by atoms with E-state index in [0.29, 0.717) is 35.3 Å². The first-order valence-electron chi connectivity index (χ1n) is 11.7. The first-order chi connectivity index (χ1) is 15.5. The van der Waals surface area contributed by atoms with Gasteiger partial charge < -0.3 is 10.2 Å². The molecule has 1 fully saturated rings. The summed E-state index contributed by atoms with van der Waals surface area (Å²) in [7, 11) is 0. The van der Waals surface area contributed by atoms with Crippen LogP contribution in [0, 0.1) is 6.92 Å². The van der Waals surface area contributed by atoms with Gasteiger partial charge in [-0.2, -0.15) is 0 Å². The maximum Gasteiger partial charge on any atom is 0.257 e. The highest BCUT2D eigenvalue weighted by atomic mass is 16.2. The van der Waals surface area contributed by atoms with E-state index in [-0.39, 0.29) is 11.8 Å². The van der Waals surface area contributed by atoms with Crippen LogP contribution in [0.3, 0.4) is 0 Å². The smallest absolute Gasteiger partial charge is 0.257 e. The Balaban J connectivity index is 1.67. The Bertz CT molecular complexity index is 988. The number of aromatic nitrogens is 1. The van der Waals surface area contributed by atoms with Gasteiger partial charge in [0, 0.05) is 18.8 Å². The number of aryl methyl sites for hydroxylation is 1. The molecule has 1 atom stereocenters. The van der Waals surface area contributed by atoms with Crippen molar-refractivity contribution in [2.24, 2.45) is 0 Å². The lowest BCUT2D eigenvalue weighted by Crippen LogP contribution is -2.50. The summed E-state index contributed by atoms with van der Waals surface area (Å²) < 4.78 is 0. The third-order valence-electron chi connectivity index (χ3n) is 6.59. The van der Waals surface area contributed by atoms with Gasteiger partial charge in [0.2, 0.25) is 5.91 Å². The molecular weight excluding hydrogens is 402 g/mol. The van der Waals surface area contributed by atoms with Gasteiger partial charge in [0.1, 0.15) is 0 Å². The van der Waals surface area contributed by atoms with Gasteiger partial charge in [0.15, 0.2) is 5.82 Å². The number of carbonyl (C=O) groups is 2. The van der Waals surface area contributed by atoms with Crippen LogP contribution in [0.25, 0.3) is 0 Å². The maximum atomic E-state index is 13.8. The van der Waals surface area contributed by atoms with E-state index < -0.39 is 0 Å². The standard InChI is InChI=1S/C25H33N5O2/c1-4-28(5-2)16-19-9-6-7-14-29(19)17-23(31)30-22-15-18(3)11-12-20(22)25(32)27-21-10-8-13-26-24(21)30/h8,10-13,15,19H,4-7,9,14,16-17H2,1-3H3,(H,27,32). The zero-order valence-electron chi connectivity index (χ0n) is 19.3. The summed E-state index contributed by atoms with van der Waals surface area (Å²) in [6.45, 7) is 10.6. The van der Waals surface area contributed by atoms with Gasteiger partial charge in [0.25, 0.3) is 5.91 Å². The van der Waals surface area contributed by atoms with Crippen molar-refractivity contribution < 1.29 is 9.59 Å². The van der Waals surface area contributed by atoms with Crippen molar-refractivity contribution >= 4 is 29.0 Å². The van der Waals surface area contributed by atoms with E-state index in [1.54, 1.807) is 29.3 Å². The molecule has 170 valence electrons. The molecule has 1 unspecified atom stereocenters. The molecule has 32 heavy (non-hydrogen) atoms. The SMILES string of the molecule is CCN(CC)CC1CCCCN1CC(=O)N1c2cc(C)ccc2C(=O)Nc2cccnc21. The summed E-state index contributed by atoms with van der Waals surface area (Å²) >= 11 is 0. The van der Waals surface area contributed by atoms with Crippen LogP contribution < -0.4 is 10.2 Å². The predicted octanol–water partition coefficient (Wildman–Crippen LogP) is 3.82. The highest BCUT2D eigenvalue weighted by Crippen LogP contribution is 2.37. The quantitative estimate of drug-likeness (QED) is 0.747. The summed E-state index contributed by atoms with van der Waals surface area (Å²) in [5.74, 6) is 0.203. The summed E-state index contributed by atoms with van der Waals surface area (Å²) in [6, 6.07) is 9.52. The number of nitrogens with one attached hydrogen (secondary N) is 1. The van der Waals surface area contributed by atoms with E-state index in [9.17, 15) is 9.59 Å². The largest absolute Gasteiger partial charge is 0.319 e. The van der Waals surface area contributed by atoms with Crippen LogP contribution in [-0.2, 0) is 4.79 Å². The molecule has 1 aromatic carbocycles. The number of fused-ring (bicyclic) bond motifs is 2. The van der Waals surface area contributed by atoms with Crippen molar-refractivity contribution in [2.45, 2.75) is 46.1 Å². The normalized spacial score (nSPS) is 18.7. The second kappa shape index (κ2) is 9.79. The van der Waals surface area contributed by atoms with Gasteiger partial charge in [-0.25, -0.2) is 4.98 Å². The van der Waals surface area contributed by atoms with E-state index >= 15 is 0 Å². The van der Waals surface area contributed by atoms with Crippen LogP contribution in [0.5, 0.6) is 0 Å². The summed E-state index contributed by atoms with van der Waals surface area (Å²) in [6.07, 6.45) is 5.07. The monoisotopic (exact) mass is 435 g/mol. The lowest BCUT2D eigenvalue weighted by atomic mass is 10.0. The number of likely N-dealkylation sites (tertiary alicyclic amines) is 1. The van der Waals surface area contributed by atoms with E-state index in [1.807, 2.05) is 19.1 Å². The van der Waals surface area contributed by atoms with E-state index in [4.69, 9.17) is 0 Å². The summed E-state index contributed by atoms with van der Waals surface area (Å²) in [5, 5.41) is 2.92. The lowest BCUT2D eigenvalue weighted by Gasteiger charge is -2.38. The number of rotatable bonds is 6. The summed E-state index contributed by atoms with van der Waals surface area (Å²) in [4.78, 5) is 37.6. The molecule has 0 radical (unpaired) electrons. The molecule has 0 aliphatic carbocycles. The van der Waals surface area contributed by atoms with Gasteiger partial charge in [-0.15, -0.1) is 0 Å². The molecule has 0 bridgehead atoms. The van der Waals surface area contributed by atoms with E-state index in [0.717, 1.165) is 44.6 Å². The average molecular weight is 436 g/mol. The number of carbonyl (C=O) groups excluding carboxylic acids is 2. The molecule has 1 saturated heterocycles. The predicted molar refractivity (Wildman–Crippen MR) is 128 cm³/mol. The van der Waals surface area contributed by atoms with Crippen LogP contribution in [-0.4, -0.2) is 65.4 Å². The molecule has 1 aromatic heterocycles. The molecule has 4 rings (SSSR count). The fraction of sp³-hybridized carbons (Fsp3) is 0.480. The number of hydrogen-bond acceptors (Lipinski definition) is 5. The number of benzene rings is 1. The molecule has 1 N–H and O–H groups in total. The lowest BCUT2D eigenvalue weighted by molar-refractivity contribution is -0.120. The second-order valence-electron chi connectivity index (χ2n) is 8.68. The maximum absolute atomic E-state index is 13.8. The molecule has 2 aliphatic rings. The number of piperidine rings is 1. The number of amides is 2. The van der Waals surface area contributed by atoms with Crippen LogP contribution in [0.1, 0.15) is 49.0 Å². The Kier molecular flexibility index (Phi) is 6.86. The van der Waals surface area contributed by atoms with Crippen LogP contribution in [0.15, 0.2) is 36.5 Å². The first-order valence-corrected chi connectivity index (χ1v) is 11.7. The number of likely N-dealkylation sites (N-methyl/N-ethyl adjacent to an activating group) is 1. The minimum Gasteiger partial charge on any atom is -0.319 e. The average Bonchev–Trinajstić information content (AvgIpc) is 2.91. The number of hydrogen-bond donors (Lipinski definition) is 1. The molecule has 0 spiro atoms. The minimum absolute atomic E-state index is 0.0558. The number of nitrogens with zero attached hydrogens (tertiary/aromatic N) is 4. The Hall–Kier alpha value is -2.77. The van der Waals surface area contributed by atoms with Gasteiger partial charge in [-0.05, 0) is 69.2 Å². The Morgan fingerprint density at radius 1 is 1.22 bits per heavy atom. The van der Waals surface area contributed by atoms with E-state index in [2.05, 4.69) is 33.9 Å².